The molecule has 0 saturated heterocycles. The van der Waals surface area contributed by atoms with E-state index in [0.717, 1.165) is 32.1 Å². The van der Waals surface area contributed by atoms with Crippen molar-refractivity contribution in [1.29, 1.82) is 0 Å². The van der Waals surface area contributed by atoms with Crippen molar-refractivity contribution in [2.45, 2.75) is 71.5 Å². The summed E-state index contributed by atoms with van der Waals surface area (Å²) in [6, 6.07) is 0. The van der Waals surface area contributed by atoms with Gasteiger partial charge in [-0.15, -0.1) is 0 Å². The molecule has 100 valence electrons. The topological polar surface area (TPSA) is 40.5 Å². The molecule has 0 aromatic rings. The second kappa shape index (κ2) is 6.01. The lowest BCUT2D eigenvalue weighted by atomic mass is 9.71. The molecule has 17 heavy (non-hydrogen) atoms. The van der Waals surface area contributed by atoms with Gasteiger partial charge in [0.1, 0.15) is 0 Å². The second-order valence-electron chi connectivity index (χ2n) is 6.27. The van der Waals surface area contributed by atoms with E-state index in [1.165, 1.54) is 5.57 Å². The Balaban J connectivity index is 2.54. The minimum atomic E-state index is -0.731. The van der Waals surface area contributed by atoms with Crippen LogP contribution in [0.25, 0.3) is 0 Å². The van der Waals surface area contributed by atoms with E-state index in [0.29, 0.717) is 5.92 Å². The highest BCUT2D eigenvalue weighted by atomic mass is 16.3. The summed E-state index contributed by atoms with van der Waals surface area (Å²) in [5.74, 6) is 0.638. The van der Waals surface area contributed by atoms with Gasteiger partial charge < -0.3 is 10.2 Å². The summed E-state index contributed by atoms with van der Waals surface area (Å²) in [6.45, 7) is 8.21. The first-order valence-electron chi connectivity index (χ1n) is 6.86. The number of aliphatic hydroxyl groups is 2. The van der Waals surface area contributed by atoms with Gasteiger partial charge in [0.25, 0.3) is 0 Å². The molecule has 0 bridgehead atoms. The lowest BCUT2D eigenvalue weighted by molar-refractivity contribution is -0.0876. The molecular formula is C15H28O2. The molecule has 2 heteroatoms. The van der Waals surface area contributed by atoms with E-state index in [9.17, 15) is 10.2 Å². The van der Waals surface area contributed by atoms with E-state index in [4.69, 9.17) is 0 Å². The summed E-state index contributed by atoms with van der Waals surface area (Å²) in [7, 11) is 0. The SMILES string of the molecule is CC(C)=CCCC(C)(O)C1CCC(C)CC1O. The van der Waals surface area contributed by atoms with Crippen LogP contribution in [0.3, 0.4) is 0 Å². The third-order valence-electron chi connectivity index (χ3n) is 4.08. The van der Waals surface area contributed by atoms with Crippen molar-refractivity contribution < 1.29 is 10.2 Å². The average Bonchev–Trinajstić information content (AvgIpc) is 2.15. The highest BCUT2D eigenvalue weighted by Crippen LogP contribution is 2.37. The summed E-state index contributed by atoms with van der Waals surface area (Å²) in [6.07, 6.45) is 6.38. The largest absolute Gasteiger partial charge is 0.393 e. The molecule has 0 aliphatic heterocycles. The molecule has 1 aliphatic rings. The fourth-order valence-corrected chi connectivity index (χ4v) is 2.91. The molecule has 0 aromatic heterocycles. The first kappa shape index (κ1) is 14.7. The van der Waals surface area contributed by atoms with E-state index in [-0.39, 0.29) is 12.0 Å². The number of aliphatic hydroxyl groups excluding tert-OH is 1. The van der Waals surface area contributed by atoms with Crippen LogP contribution < -0.4 is 0 Å². The molecule has 2 N–H and O–H groups in total. The molecule has 1 fully saturated rings. The minimum Gasteiger partial charge on any atom is -0.393 e. The Labute approximate surface area is 106 Å². The van der Waals surface area contributed by atoms with E-state index in [1.54, 1.807) is 0 Å². The predicted octanol–water partition coefficient (Wildman–Crippen LogP) is 3.28. The minimum absolute atomic E-state index is 0.0456. The zero-order valence-corrected chi connectivity index (χ0v) is 11.7. The van der Waals surface area contributed by atoms with Crippen LogP contribution >= 0.6 is 0 Å². The van der Waals surface area contributed by atoms with Gasteiger partial charge in [-0.25, -0.2) is 0 Å². The molecule has 1 saturated carbocycles. The lowest BCUT2D eigenvalue weighted by Gasteiger charge is -2.40. The molecule has 0 heterocycles. The summed E-state index contributed by atoms with van der Waals surface area (Å²) < 4.78 is 0. The zero-order valence-electron chi connectivity index (χ0n) is 11.7. The monoisotopic (exact) mass is 240 g/mol. The van der Waals surface area contributed by atoms with Crippen LogP contribution in [0.15, 0.2) is 11.6 Å². The van der Waals surface area contributed by atoms with Crippen LogP contribution in [-0.4, -0.2) is 21.9 Å². The lowest BCUT2D eigenvalue weighted by Crippen LogP contribution is -2.44. The first-order chi connectivity index (χ1) is 7.83. The van der Waals surface area contributed by atoms with Gasteiger partial charge in [-0.1, -0.05) is 25.0 Å². The van der Waals surface area contributed by atoms with Crippen LogP contribution in [0.2, 0.25) is 0 Å². The smallest absolute Gasteiger partial charge is 0.0675 e. The first-order valence-corrected chi connectivity index (χ1v) is 6.86. The van der Waals surface area contributed by atoms with Crippen molar-refractivity contribution in [3.8, 4) is 0 Å². The van der Waals surface area contributed by atoms with E-state index in [1.807, 2.05) is 6.92 Å². The van der Waals surface area contributed by atoms with Crippen LogP contribution in [-0.2, 0) is 0 Å². The van der Waals surface area contributed by atoms with Gasteiger partial charge in [0.05, 0.1) is 11.7 Å². The Morgan fingerprint density at radius 2 is 2.00 bits per heavy atom. The van der Waals surface area contributed by atoms with Gasteiger partial charge in [0, 0.05) is 5.92 Å². The third kappa shape index (κ3) is 4.44. The maximum absolute atomic E-state index is 10.5. The molecule has 1 aliphatic carbocycles. The van der Waals surface area contributed by atoms with Gasteiger partial charge >= 0.3 is 0 Å². The average molecular weight is 240 g/mol. The Morgan fingerprint density at radius 3 is 2.53 bits per heavy atom. The van der Waals surface area contributed by atoms with Gasteiger partial charge in [-0.3, -0.25) is 0 Å². The number of allylic oxidation sites excluding steroid dienone is 2. The summed E-state index contributed by atoms with van der Waals surface area (Å²) >= 11 is 0. The van der Waals surface area contributed by atoms with Crippen LogP contribution in [0.1, 0.15) is 59.8 Å². The maximum atomic E-state index is 10.5. The molecule has 0 amide bonds. The quantitative estimate of drug-likeness (QED) is 0.740. The highest BCUT2D eigenvalue weighted by molar-refractivity contribution is 4.96. The molecule has 4 unspecified atom stereocenters. The van der Waals surface area contributed by atoms with E-state index >= 15 is 0 Å². The van der Waals surface area contributed by atoms with Gasteiger partial charge in [-0.05, 0) is 52.4 Å². The summed E-state index contributed by atoms with van der Waals surface area (Å²) in [5.41, 5.74) is 0.560. The second-order valence-corrected chi connectivity index (χ2v) is 6.27. The normalized spacial score (nSPS) is 32.9. The van der Waals surface area contributed by atoms with Crippen LogP contribution in [0.4, 0.5) is 0 Å². The number of hydrogen-bond donors (Lipinski definition) is 2. The van der Waals surface area contributed by atoms with E-state index in [2.05, 4.69) is 26.8 Å². The van der Waals surface area contributed by atoms with Crippen molar-refractivity contribution >= 4 is 0 Å². The summed E-state index contributed by atoms with van der Waals surface area (Å²) in [4.78, 5) is 0. The third-order valence-corrected chi connectivity index (χ3v) is 4.08. The maximum Gasteiger partial charge on any atom is 0.0675 e. The van der Waals surface area contributed by atoms with E-state index < -0.39 is 5.60 Å². The molecule has 1 rings (SSSR count). The van der Waals surface area contributed by atoms with Crippen molar-refractivity contribution in [2.24, 2.45) is 11.8 Å². The molecule has 2 nitrogen and oxygen atoms in total. The Morgan fingerprint density at radius 1 is 1.35 bits per heavy atom. The predicted molar refractivity (Wildman–Crippen MR) is 71.8 cm³/mol. The van der Waals surface area contributed by atoms with Crippen molar-refractivity contribution in [3.05, 3.63) is 11.6 Å². The van der Waals surface area contributed by atoms with Crippen molar-refractivity contribution in [2.75, 3.05) is 0 Å². The molecule has 0 spiro atoms. The van der Waals surface area contributed by atoms with Crippen LogP contribution in [0.5, 0.6) is 0 Å². The summed E-state index contributed by atoms with van der Waals surface area (Å²) in [5, 5.41) is 20.6. The van der Waals surface area contributed by atoms with Crippen molar-refractivity contribution in [1.82, 2.24) is 0 Å². The highest BCUT2D eigenvalue weighted by Gasteiger charge is 2.39. The Kier molecular flexibility index (Phi) is 5.21. The van der Waals surface area contributed by atoms with Gasteiger partial charge in [0.2, 0.25) is 0 Å². The molecular weight excluding hydrogens is 212 g/mol. The standard InChI is InChI=1S/C15H28O2/c1-11(2)6-5-9-15(4,17)13-8-7-12(3)10-14(13)16/h6,12-14,16-17H,5,7-10H2,1-4H3. The fourth-order valence-electron chi connectivity index (χ4n) is 2.91. The van der Waals surface area contributed by atoms with Gasteiger partial charge in [0.15, 0.2) is 0 Å². The number of hydrogen-bond acceptors (Lipinski definition) is 2. The van der Waals surface area contributed by atoms with Crippen molar-refractivity contribution in [3.63, 3.8) is 0 Å². The number of rotatable bonds is 4. The fraction of sp³-hybridized carbons (Fsp3) is 0.867. The van der Waals surface area contributed by atoms with Gasteiger partial charge in [-0.2, -0.15) is 0 Å². The van der Waals surface area contributed by atoms with Crippen LogP contribution in [0, 0.1) is 11.8 Å². The molecule has 0 aromatic carbocycles. The Hall–Kier alpha value is -0.340. The zero-order chi connectivity index (χ0) is 13.1. The molecule has 4 atom stereocenters. The Bertz CT molecular complexity index is 264. The molecule has 0 radical (unpaired) electrons.